The van der Waals surface area contributed by atoms with Gasteiger partial charge < -0.3 is 4.90 Å². The Morgan fingerprint density at radius 1 is 1.19 bits per heavy atom. The van der Waals surface area contributed by atoms with Gasteiger partial charge in [-0.15, -0.1) is 8.98 Å². The molecule has 12 heteroatoms. The molecule has 1 aromatic heterocycles. The van der Waals surface area contributed by atoms with Gasteiger partial charge in [0.15, 0.2) is 0 Å². The molecule has 0 atom stereocenters. The Morgan fingerprint density at radius 3 is 2.19 bits per heavy atom. The lowest BCUT2D eigenvalue weighted by molar-refractivity contribution is -0.144. The van der Waals surface area contributed by atoms with E-state index in [1.165, 1.54) is 27.9 Å². The summed E-state index contributed by atoms with van der Waals surface area (Å²) in [7, 11) is -2.56. The summed E-state index contributed by atoms with van der Waals surface area (Å²) < 4.78 is 90.1. The third kappa shape index (κ3) is 3.79. The standard InChI is InChI=1S/C14H15F5N4O2S/c1-7(2)8-5-9(15)10(6-11(8)26(19,24)25)23-13(22(3)4)20-12(21-23)14(16,17)18/h5-7H,1-4H3. The van der Waals surface area contributed by atoms with Crippen LogP contribution in [0.5, 0.6) is 0 Å². The summed E-state index contributed by atoms with van der Waals surface area (Å²) in [5, 5.41) is 3.21. The monoisotopic (exact) mass is 398 g/mol. The van der Waals surface area contributed by atoms with E-state index in [9.17, 15) is 29.9 Å². The second-order valence-corrected chi connectivity index (χ2v) is 7.29. The van der Waals surface area contributed by atoms with E-state index in [0.717, 1.165) is 11.0 Å². The highest BCUT2D eigenvalue weighted by atomic mass is 32.3. The van der Waals surface area contributed by atoms with Crippen LogP contribution in [0.15, 0.2) is 17.0 Å². The minimum atomic E-state index is -5.24. The van der Waals surface area contributed by atoms with Gasteiger partial charge in [-0.05, 0) is 23.6 Å². The van der Waals surface area contributed by atoms with Crippen molar-refractivity contribution >= 4 is 16.2 Å². The zero-order valence-corrected chi connectivity index (χ0v) is 15.0. The third-order valence-electron chi connectivity index (χ3n) is 3.44. The van der Waals surface area contributed by atoms with E-state index in [-0.39, 0.29) is 5.56 Å². The molecule has 1 aromatic carbocycles. The first-order chi connectivity index (χ1) is 11.7. The summed E-state index contributed by atoms with van der Waals surface area (Å²) in [5.74, 6) is -3.56. The first-order valence-electron chi connectivity index (χ1n) is 7.23. The lowest BCUT2D eigenvalue weighted by Crippen LogP contribution is -2.16. The van der Waals surface area contributed by atoms with Crippen molar-refractivity contribution in [1.29, 1.82) is 0 Å². The van der Waals surface area contributed by atoms with Crippen molar-refractivity contribution in [3.63, 3.8) is 0 Å². The molecule has 2 rings (SSSR count). The zero-order chi connectivity index (χ0) is 20.0. The molecule has 0 N–H and O–H groups in total. The van der Waals surface area contributed by atoms with Crippen LogP contribution in [0.2, 0.25) is 0 Å². The molecular weight excluding hydrogens is 383 g/mol. The SMILES string of the molecule is CC(C)c1cc(F)c(-n2nc(C(F)(F)F)nc2N(C)C)cc1S(=O)(=O)F. The predicted octanol–water partition coefficient (Wildman–Crippen LogP) is 3.27. The maximum atomic E-state index is 14.5. The molecule has 0 aliphatic heterocycles. The number of nitrogens with zero attached hydrogens (tertiary/aromatic N) is 4. The molecule has 0 saturated heterocycles. The van der Waals surface area contributed by atoms with E-state index in [4.69, 9.17) is 0 Å². The number of aromatic nitrogens is 3. The van der Waals surface area contributed by atoms with Crippen molar-refractivity contribution < 1.29 is 29.9 Å². The van der Waals surface area contributed by atoms with Crippen molar-refractivity contribution in [2.45, 2.75) is 30.8 Å². The number of halogens is 5. The highest BCUT2D eigenvalue weighted by Crippen LogP contribution is 2.33. The molecule has 144 valence electrons. The van der Waals surface area contributed by atoms with Crippen LogP contribution in [0.25, 0.3) is 5.69 Å². The van der Waals surface area contributed by atoms with Gasteiger partial charge in [0.25, 0.3) is 5.82 Å². The topological polar surface area (TPSA) is 68.1 Å². The van der Waals surface area contributed by atoms with Crippen molar-refractivity contribution in [3.05, 3.63) is 29.3 Å². The van der Waals surface area contributed by atoms with Crippen LogP contribution in [0.3, 0.4) is 0 Å². The van der Waals surface area contributed by atoms with Gasteiger partial charge in [-0.3, -0.25) is 0 Å². The van der Waals surface area contributed by atoms with Crippen LogP contribution < -0.4 is 4.90 Å². The summed E-state index contributed by atoms with van der Waals surface area (Å²) in [6, 6.07) is 1.38. The quantitative estimate of drug-likeness (QED) is 0.584. The van der Waals surface area contributed by atoms with Crippen LogP contribution in [-0.4, -0.2) is 37.3 Å². The Bertz CT molecular complexity index is 936. The van der Waals surface area contributed by atoms with Gasteiger partial charge in [0, 0.05) is 14.1 Å². The molecule has 0 amide bonds. The Labute approximate surface area is 146 Å². The van der Waals surface area contributed by atoms with Gasteiger partial charge in [-0.25, -0.2) is 4.39 Å². The van der Waals surface area contributed by atoms with Gasteiger partial charge in [0.2, 0.25) is 5.95 Å². The third-order valence-corrected chi connectivity index (χ3v) is 4.31. The summed E-state index contributed by atoms with van der Waals surface area (Å²) in [6.07, 6.45) is -4.90. The first-order valence-corrected chi connectivity index (χ1v) is 8.62. The van der Waals surface area contributed by atoms with Crippen molar-refractivity contribution in [3.8, 4) is 5.69 Å². The van der Waals surface area contributed by atoms with E-state index in [2.05, 4.69) is 10.1 Å². The van der Waals surface area contributed by atoms with Crippen LogP contribution in [-0.2, 0) is 16.4 Å². The zero-order valence-electron chi connectivity index (χ0n) is 14.1. The van der Waals surface area contributed by atoms with Gasteiger partial charge >= 0.3 is 16.4 Å². The van der Waals surface area contributed by atoms with E-state index in [0.29, 0.717) is 10.7 Å². The van der Waals surface area contributed by atoms with E-state index < -0.39 is 50.5 Å². The molecule has 2 aromatic rings. The van der Waals surface area contributed by atoms with Crippen LogP contribution >= 0.6 is 0 Å². The Morgan fingerprint density at radius 2 is 1.77 bits per heavy atom. The molecule has 0 saturated carbocycles. The number of benzene rings is 1. The Kier molecular flexibility index (Phi) is 5.01. The fraction of sp³-hybridized carbons (Fsp3) is 0.429. The highest BCUT2D eigenvalue weighted by Gasteiger charge is 2.38. The second kappa shape index (κ2) is 6.49. The van der Waals surface area contributed by atoms with Crippen molar-refractivity contribution in [1.82, 2.24) is 14.8 Å². The van der Waals surface area contributed by atoms with Crippen LogP contribution in [0, 0.1) is 5.82 Å². The van der Waals surface area contributed by atoms with Crippen LogP contribution in [0.1, 0.15) is 31.2 Å². The lowest BCUT2D eigenvalue weighted by atomic mass is 10.0. The summed E-state index contributed by atoms with van der Waals surface area (Å²) in [4.78, 5) is 3.58. The normalized spacial score (nSPS) is 12.7. The lowest BCUT2D eigenvalue weighted by Gasteiger charge is -2.16. The van der Waals surface area contributed by atoms with Gasteiger partial charge in [0.1, 0.15) is 16.4 Å². The molecular formula is C14H15F5N4O2S. The first kappa shape index (κ1) is 20.1. The molecule has 6 nitrogen and oxygen atoms in total. The van der Waals surface area contributed by atoms with Gasteiger partial charge in [0.05, 0.1) is 0 Å². The Balaban J connectivity index is 2.83. The number of rotatable bonds is 4. The maximum Gasteiger partial charge on any atom is 0.453 e. The Hall–Kier alpha value is -2.24. The molecule has 0 fully saturated rings. The average molecular weight is 398 g/mol. The summed E-state index contributed by atoms with van der Waals surface area (Å²) in [6.45, 7) is 3.04. The molecule has 1 heterocycles. The minimum Gasteiger partial charge on any atom is -0.347 e. The van der Waals surface area contributed by atoms with E-state index >= 15 is 0 Å². The number of anilines is 1. The van der Waals surface area contributed by atoms with Crippen molar-refractivity contribution in [2.24, 2.45) is 0 Å². The number of hydrogen-bond acceptors (Lipinski definition) is 5. The van der Waals surface area contributed by atoms with Crippen LogP contribution in [0.4, 0.5) is 27.4 Å². The molecule has 0 aliphatic rings. The largest absolute Gasteiger partial charge is 0.453 e. The van der Waals surface area contributed by atoms with E-state index in [1.54, 1.807) is 0 Å². The predicted molar refractivity (Wildman–Crippen MR) is 83.0 cm³/mol. The highest BCUT2D eigenvalue weighted by molar-refractivity contribution is 7.86. The fourth-order valence-corrected chi connectivity index (χ4v) is 3.09. The van der Waals surface area contributed by atoms with Gasteiger partial charge in [-0.1, -0.05) is 13.8 Å². The minimum absolute atomic E-state index is 0.142. The van der Waals surface area contributed by atoms with E-state index in [1.807, 2.05) is 0 Å². The summed E-state index contributed by atoms with van der Waals surface area (Å²) in [5.41, 5.74) is -0.811. The molecule has 0 bridgehead atoms. The molecule has 0 radical (unpaired) electrons. The fourth-order valence-electron chi connectivity index (χ4n) is 2.26. The second-order valence-electron chi connectivity index (χ2n) is 5.97. The number of hydrogen-bond donors (Lipinski definition) is 0. The summed E-state index contributed by atoms with van der Waals surface area (Å²) >= 11 is 0. The molecule has 0 unspecified atom stereocenters. The molecule has 26 heavy (non-hydrogen) atoms. The smallest absolute Gasteiger partial charge is 0.347 e. The molecule has 0 spiro atoms. The molecule has 0 aliphatic carbocycles. The van der Waals surface area contributed by atoms with Gasteiger partial charge in [-0.2, -0.15) is 31.3 Å². The maximum absolute atomic E-state index is 14.5. The van der Waals surface area contributed by atoms with Crippen molar-refractivity contribution in [2.75, 3.05) is 19.0 Å². The average Bonchev–Trinajstić information content (AvgIpc) is 2.90. The number of alkyl halides is 3.